The third-order valence-electron chi connectivity index (χ3n) is 5.86. The van der Waals surface area contributed by atoms with Gasteiger partial charge in [-0.15, -0.1) is 0 Å². The summed E-state index contributed by atoms with van der Waals surface area (Å²) in [6.45, 7) is 3.06. The number of aliphatic carboxylic acids is 1. The number of carboxylic acid groups (broad SMARTS) is 1. The van der Waals surface area contributed by atoms with Gasteiger partial charge in [-0.05, 0) is 35.6 Å². The van der Waals surface area contributed by atoms with E-state index in [1.807, 2.05) is 37.3 Å². The average Bonchev–Trinajstić information content (AvgIpc) is 2.86. The van der Waals surface area contributed by atoms with E-state index in [-0.39, 0.29) is 24.5 Å². The highest BCUT2D eigenvalue weighted by Gasteiger charge is 2.27. The van der Waals surface area contributed by atoms with Crippen LogP contribution in [0.5, 0.6) is 5.75 Å². The van der Waals surface area contributed by atoms with Gasteiger partial charge in [-0.3, -0.25) is 14.4 Å². The molecule has 0 aliphatic carbocycles. The molecule has 0 fully saturated rings. The monoisotopic (exact) mass is 498 g/mol. The number of benzene rings is 2. The van der Waals surface area contributed by atoms with Crippen molar-refractivity contribution in [3.8, 4) is 5.75 Å². The molecule has 2 aromatic carbocycles. The Hall–Kier alpha value is -3.92. The summed E-state index contributed by atoms with van der Waals surface area (Å²) in [4.78, 5) is 49.5. The van der Waals surface area contributed by atoms with Gasteiger partial charge < -0.3 is 31.9 Å². The van der Waals surface area contributed by atoms with Crippen molar-refractivity contribution in [3.63, 3.8) is 0 Å². The zero-order chi connectivity index (χ0) is 26.7. The molecule has 0 saturated heterocycles. The molecule has 0 aliphatic rings. The van der Waals surface area contributed by atoms with E-state index >= 15 is 0 Å². The standard InChI is InChI=1S/C26H34N4O6/c1-3-16(2)23(26(35)36)30-22(32)15-28-25(34)21(14-18-9-11-19(31)12-10-18)29-24(33)20(27)13-17-7-5-4-6-8-17/h4-12,16,20-21,23,31H,3,13-15,27H2,1-2H3,(H,28,34)(H,29,33)(H,30,32)(H,35,36). The summed E-state index contributed by atoms with van der Waals surface area (Å²) in [5.74, 6) is -3.23. The topological polar surface area (TPSA) is 171 Å². The fourth-order valence-electron chi connectivity index (χ4n) is 3.51. The van der Waals surface area contributed by atoms with Gasteiger partial charge in [0.15, 0.2) is 0 Å². The van der Waals surface area contributed by atoms with Crippen molar-refractivity contribution in [1.29, 1.82) is 0 Å². The maximum Gasteiger partial charge on any atom is 0.326 e. The van der Waals surface area contributed by atoms with Crippen molar-refractivity contribution < 1.29 is 29.4 Å². The molecular formula is C26H34N4O6. The van der Waals surface area contributed by atoms with Gasteiger partial charge in [0.2, 0.25) is 17.7 Å². The molecule has 36 heavy (non-hydrogen) atoms. The van der Waals surface area contributed by atoms with Crippen molar-refractivity contribution in [3.05, 3.63) is 65.7 Å². The Bertz CT molecular complexity index is 1030. The van der Waals surface area contributed by atoms with Gasteiger partial charge in [0.05, 0.1) is 12.6 Å². The molecule has 3 amide bonds. The molecule has 0 radical (unpaired) electrons. The summed E-state index contributed by atoms with van der Waals surface area (Å²) in [7, 11) is 0. The van der Waals surface area contributed by atoms with Crippen molar-refractivity contribution >= 4 is 23.7 Å². The summed E-state index contributed by atoms with van der Waals surface area (Å²) < 4.78 is 0. The lowest BCUT2D eigenvalue weighted by molar-refractivity contribution is -0.143. The summed E-state index contributed by atoms with van der Waals surface area (Å²) in [5.41, 5.74) is 7.59. The van der Waals surface area contributed by atoms with Crippen molar-refractivity contribution in [2.75, 3.05) is 6.54 Å². The first-order chi connectivity index (χ1) is 17.1. The number of phenolic OH excluding ortho intramolecular Hbond substituents is 1. The van der Waals surface area contributed by atoms with E-state index in [0.29, 0.717) is 12.0 Å². The Morgan fingerprint density at radius 2 is 1.50 bits per heavy atom. The zero-order valence-electron chi connectivity index (χ0n) is 20.4. The lowest BCUT2D eigenvalue weighted by atomic mass is 9.99. The highest BCUT2D eigenvalue weighted by molar-refractivity contribution is 5.92. The molecule has 7 N–H and O–H groups in total. The molecule has 0 aliphatic heterocycles. The van der Waals surface area contributed by atoms with Gasteiger partial charge in [0.1, 0.15) is 17.8 Å². The number of carbonyl (C=O) groups excluding carboxylic acids is 3. The molecule has 0 bridgehead atoms. The lowest BCUT2D eigenvalue weighted by Crippen LogP contribution is -2.55. The summed E-state index contributed by atoms with van der Waals surface area (Å²) in [6.07, 6.45) is 0.907. The van der Waals surface area contributed by atoms with Crippen LogP contribution in [0.2, 0.25) is 0 Å². The summed E-state index contributed by atoms with van der Waals surface area (Å²) in [5, 5.41) is 26.4. The molecule has 194 valence electrons. The van der Waals surface area contributed by atoms with Crippen LogP contribution in [0.15, 0.2) is 54.6 Å². The fourth-order valence-corrected chi connectivity index (χ4v) is 3.51. The van der Waals surface area contributed by atoms with Crippen LogP contribution in [-0.4, -0.2) is 58.6 Å². The highest BCUT2D eigenvalue weighted by atomic mass is 16.4. The lowest BCUT2D eigenvalue weighted by Gasteiger charge is -2.22. The number of phenols is 1. The molecule has 0 saturated carbocycles. The van der Waals surface area contributed by atoms with E-state index in [0.717, 1.165) is 5.56 Å². The van der Waals surface area contributed by atoms with Gasteiger partial charge in [0.25, 0.3) is 0 Å². The van der Waals surface area contributed by atoms with Gasteiger partial charge in [-0.2, -0.15) is 0 Å². The largest absolute Gasteiger partial charge is 0.508 e. The molecule has 0 aromatic heterocycles. The minimum absolute atomic E-state index is 0.0552. The Labute approximate surface area is 210 Å². The van der Waals surface area contributed by atoms with E-state index in [1.165, 1.54) is 12.1 Å². The number of nitrogens with two attached hydrogens (primary N) is 1. The van der Waals surface area contributed by atoms with Crippen LogP contribution in [0.1, 0.15) is 31.4 Å². The van der Waals surface area contributed by atoms with Gasteiger partial charge >= 0.3 is 5.97 Å². The number of carboxylic acids is 1. The molecule has 4 unspecified atom stereocenters. The van der Waals surface area contributed by atoms with Crippen LogP contribution in [0.25, 0.3) is 0 Å². The van der Waals surface area contributed by atoms with Gasteiger partial charge in [0, 0.05) is 6.42 Å². The maximum absolute atomic E-state index is 12.9. The number of hydrogen-bond donors (Lipinski definition) is 6. The second kappa shape index (κ2) is 13.8. The SMILES string of the molecule is CCC(C)C(NC(=O)CNC(=O)C(Cc1ccc(O)cc1)NC(=O)C(N)Cc1ccccc1)C(=O)O. The smallest absolute Gasteiger partial charge is 0.326 e. The fraction of sp³-hybridized carbons (Fsp3) is 0.385. The number of nitrogens with one attached hydrogen (secondary N) is 3. The molecule has 0 heterocycles. The van der Waals surface area contributed by atoms with E-state index in [9.17, 15) is 29.4 Å². The Balaban J connectivity index is 2.06. The quantitative estimate of drug-likeness (QED) is 0.236. The number of amides is 3. The third-order valence-corrected chi connectivity index (χ3v) is 5.86. The minimum atomic E-state index is -1.16. The first-order valence-electron chi connectivity index (χ1n) is 11.8. The highest BCUT2D eigenvalue weighted by Crippen LogP contribution is 2.12. The number of aromatic hydroxyl groups is 1. The van der Waals surface area contributed by atoms with Crippen LogP contribution in [-0.2, 0) is 32.0 Å². The van der Waals surface area contributed by atoms with Crippen molar-refractivity contribution in [2.45, 2.75) is 51.2 Å². The van der Waals surface area contributed by atoms with Crippen LogP contribution in [0.3, 0.4) is 0 Å². The number of hydrogen-bond acceptors (Lipinski definition) is 6. The average molecular weight is 499 g/mol. The normalized spacial score (nSPS) is 14.1. The van der Waals surface area contributed by atoms with Crippen LogP contribution in [0.4, 0.5) is 0 Å². The van der Waals surface area contributed by atoms with Gasteiger partial charge in [-0.25, -0.2) is 4.79 Å². The predicted octanol–water partition coefficient (Wildman–Crippen LogP) is 0.721. The predicted molar refractivity (Wildman–Crippen MR) is 134 cm³/mol. The second-order valence-electron chi connectivity index (χ2n) is 8.71. The van der Waals surface area contributed by atoms with Crippen LogP contribution in [0, 0.1) is 5.92 Å². The first kappa shape index (κ1) is 28.3. The molecular weight excluding hydrogens is 464 g/mol. The molecule has 10 heteroatoms. The molecule has 2 aromatic rings. The number of carbonyl (C=O) groups is 4. The minimum Gasteiger partial charge on any atom is -0.508 e. The van der Waals surface area contributed by atoms with E-state index in [1.54, 1.807) is 19.1 Å². The van der Waals surface area contributed by atoms with E-state index < -0.39 is 48.4 Å². The molecule has 4 atom stereocenters. The Kier molecular flexibility index (Phi) is 10.9. The first-order valence-corrected chi connectivity index (χ1v) is 11.8. The van der Waals surface area contributed by atoms with Crippen molar-refractivity contribution in [2.24, 2.45) is 11.7 Å². The van der Waals surface area contributed by atoms with E-state index in [2.05, 4.69) is 16.0 Å². The number of rotatable bonds is 13. The molecule has 0 spiro atoms. The second-order valence-corrected chi connectivity index (χ2v) is 8.71. The summed E-state index contributed by atoms with van der Waals surface area (Å²) >= 11 is 0. The molecule has 2 rings (SSSR count). The van der Waals surface area contributed by atoms with Crippen LogP contribution >= 0.6 is 0 Å². The maximum atomic E-state index is 12.9. The van der Waals surface area contributed by atoms with E-state index in [4.69, 9.17) is 5.73 Å². The van der Waals surface area contributed by atoms with Gasteiger partial charge in [-0.1, -0.05) is 62.7 Å². The zero-order valence-corrected chi connectivity index (χ0v) is 20.4. The van der Waals surface area contributed by atoms with Crippen LogP contribution < -0.4 is 21.7 Å². The Morgan fingerprint density at radius 3 is 2.08 bits per heavy atom. The van der Waals surface area contributed by atoms with Crippen molar-refractivity contribution in [1.82, 2.24) is 16.0 Å². The summed E-state index contributed by atoms with van der Waals surface area (Å²) in [6, 6.07) is 12.3. The Morgan fingerprint density at radius 1 is 0.889 bits per heavy atom. The molecule has 10 nitrogen and oxygen atoms in total. The third kappa shape index (κ3) is 9.03.